The Hall–Kier alpha value is -1.56. The van der Waals surface area contributed by atoms with E-state index in [0.29, 0.717) is 0 Å². The van der Waals surface area contributed by atoms with Gasteiger partial charge < -0.3 is 10.2 Å². The molecule has 1 N–H and O–H groups in total. The van der Waals surface area contributed by atoms with E-state index in [-0.39, 0.29) is 30.6 Å². The molecule has 1 aliphatic heterocycles. The number of benzene rings is 1. The molecule has 0 unspecified atom stereocenters. The summed E-state index contributed by atoms with van der Waals surface area (Å²) in [4.78, 5) is 13.8. The number of anilines is 1. The van der Waals surface area contributed by atoms with E-state index in [4.69, 9.17) is 0 Å². The van der Waals surface area contributed by atoms with Crippen molar-refractivity contribution in [2.45, 2.75) is 20.3 Å². The van der Waals surface area contributed by atoms with E-state index < -0.39 is 9.84 Å². The maximum atomic E-state index is 12.2. The van der Waals surface area contributed by atoms with E-state index in [0.717, 1.165) is 23.2 Å². The predicted octanol–water partition coefficient (Wildman–Crippen LogP) is 1.82. The molecule has 20 heavy (non-hydrogen) atoms. The third kappa shape index (κ3) is 3.30. The van der Waals surface area contributed by atoms with Crippen molar-refractivity contribution in [1.82, 2.24) is 4.90 Å². The Morgan fingerprint density at radius 1 is 1.30 bits per heavy atom. The minimum absolute atomic E-state index is 0.0504. The van der Waals surface area contributed by atoms with Crippen molar-refractivity contribution in [2.24, 2.45) is 0 Å². The third-order valence-electron chi connectivity index (χ3n) is 3.60. The monoisotopic (exact) mass is 296 g/mol. The van der Waals surface area contributed by atoms with Crippen LogP contribution in [0.25, 0.3) is 0 Å². The number of hydrogen-bond donors (Lipinski definition) is 1. The highest BCUT2D eigenvalue weighted by molar-refractivity contribution is 7.91. The van der Waals surface area contributed by atoms with Crippen LogP contribution >= 0.6 is 0 Å². The van der Waals surface area contributed by atoms with E-state index in [9.17, 15) is 13.2 Å². The number of sulfone groups is 1. The van der Waals surface area contributed by atoms with Crippen molar-refractivity contribution in [3.05, 3.63) is 29.3 Å². The zero-order valence-electron chi connectivity index (χ0n) is 11.8. The van der Waals surface area contributed by atoms with Crippen molar-refractivity contribution in [3.63, 3.8) is 0 Å². The van der Waals surface area contributed by atoms with E-state index in [1.165, 1.54) is 0 Å². The molecule has 1 saturated heterocycles. The number of nitrogens with one attached hydrogen (secondary N) is 1. The van der Waals surface area contributed by atoms with Crippen LogP contribution in [0.1, 0.15) is 18.1 Å². The van der Waals surface area contributed by atoms with E-state index in [1.54, 1.807) is 4.90 Å². The molecule has 2 amide bonds. The largest absolute Gasteiger partial charge is 0.322 e. The number of rotatable bonds is 2. The van der Waals surface area contributed by atoms with Gasteiger partial charge in [0.25, 0.3) is 0 Å². The molecule has 0 atom stereocenters. The van der Waals surface area contributed by atoms with Crippen molar-refractivity contribution >= 4 is 21.6 Å². The minimum Gasteiger partial charge on any atom is -0.322 e. The lowest BCUT2D eigenvalue weighted by molar-refractivity contribution is 0.216. The van der Waals surface area contributed by atoms with Gasteiger partial charge in [-0.25, -0.2) is 13.2 Å². The second kappa shape index (κ2) is 5.83. The summed E-state index contributed by atoms with van der Waals surface area (Å²) in [5.74, 6) is 0.101. The molecule has 1 heterocycles. The molecule has 5 nitrogen and oxygen atoms in total. The van der Waals surface area contributed by atoms with Crippen LogP contribution in [0.3, 0.4) is 0 Å². The molecule has 1 aromatic carbocycles. The fraction of sp³-hybridized carbons (Fsp3) is 0.500. The Labute approximate surface area is 119 Å². The van der Waals surface area contributed by atoms with E-state index in [1.807, 2.05) is 32.0 Å². The number of hydrogen-bond acceptors (Lipinski definition) is 3. The Morgan fingerprint density at radius 2 is 1.95 bits per heavy atom. The smallest absolute Gasteiger partial charge is 0.321 e. The third-order valence-corrected chi connectivity index (χ3v) is 5.21. The summed E-state index contributed by atoms with van der Waals surface area (Å²) in [6.45, 7) is 4.52. The van der Waals surface area contributed by atoms with Gasteiger partial charge in [0, 0.05) is 18.8 Å². The van der Waals surface area contributed by atoms with Gasteiger partial charge in [0.15, 0.2) is 9.84 Å². The maximum absolute atomic E-state index is 12.2. The lowest BCUT2D eigenvalue weighted by atomic mass is 10.1. The molecule has 0 aliphatic carbocycles. The number of carbonyl (C=O) groups is 1. The first kappa shape index (κ1) is 14.8. The highest BCUT2D eigenvalue weighted by Gasteiger charge is 2.25. The molecule has 6 heteroatoms. The van der Waals surface area contributed by atoms with E-state index in [2.05, 4.69) is 5.32 Å². The normalized spacial score (nSPS) is 17.8. The maximum Gasteiger partial charge on any atom is 0.321 e. The summed E-state index contributed by atoms with van der Waals surface area (Å²) >= 11 is 0. The van der Waals surface area contributed by atoms with Crippen LogP contribution < -0.4 is 5.32 Å². The van der Waals surface area contributed by atoms with Crippen LogP contribution in [0.5, 0.6) is 0 Å². The molecule has 0 spiro atoms. The number of urea groups is 1. The van der Waals surface area contributed by atoms with Gasteiger partial charge in [-0.05, 0) is 24.5 Å². The molecule has 2 rings (SSSR count). The summed E-state index contributed by atoms with van der Waals surface area (Å²) in [7, 11) is -2.96. The van der Waals surface area contributed by atoms with Crippen molar-refractivity contribution in [1.29, 1.82) is 0 Å². The Balaban J connectivity index is 2.09. The molecule has 1 aliphatic rings. The molecule has 0 aromatic heterocycles. The van der Waals surface area contributed by atoms with Crippen LogP contribution in [-0.2, 0) is 16.3 Å². The lowest BCUT2D eigenvalue weighted by Crippen LogP contribution is -2.45. The lowest BCUT2D eigenvalue weighted by Gasteiger charge is -2.27. The van der Waals surface area contributed by atoms with Crippen molar-refractivity contribution in [3.8, 4) is 0 Å². The average Bonchev–Trinajstić information content (AvgIpc) is 2.40. The van der Waals surface area contributed by atoms with Crippen LogP contribution in [-0.4, -0.2) is 43.9 Å². The fourth-order valence-corrected chi connectivity index (χ4v) is 3.50. The molecule has 0 bridgehead atoms. The van der Waals surface area contributed by atoms with Crippen molar-refractivity contribution < 1.29 is 13.2 Å². The summed E-state index contributed by atoms with van der Waals surface area (Å²) in [5.41, 5.74) is 2.94. The van der Waals surface area contributed by atoms with Gasteiger partial charge >= 0.3 is 6.03 Å². The molecular weight excluding hydrogens is 276 g/mol. The average molecular weight is 296 g/mol. The first-order valence-electron chi connectivity index (χ1n) is 6.78. The van der Waals surface area contributed by atoms with Gasteiger partial charge in [-0.3, -0.25) is 0 Å². The number of nitrogens with zero attached hydrogens (tertiary/aromatic N) is 1. The second-order valence-electron chi connectivity index (χ2n) is 5.03. The molecule has 1 fully saturated rings. The highest BCUT2D eigenvalue weighted by atomic mass is 32.2. The first-order valence-corrected chi connectivity index (χ1v) is 8.60. The summed E-state index contributed by atoms with van der Waals surface area (Å²) in [6, 6.07) is 5.69. The summed E-state index contributed by atoms with van der Waals surface area (Å²) < 4.78 is 22.7. The standard InChI is InChI=1S/C14H20N2O3S/c1-3-12-6-4-5-11(2)13(12)15-14(17)16-7-9-20(18,19)10-8-16/h4-6H,3,7-10H2,1-2H3,(H,15,17). The first-order chi connectivity index (χ1) is 9.43. The SMILES string of the molecule is CCc1cccc(C)c1NC(=O)N1CCS(=O)(=O)CC1. The van der Waals surface area contributed by atoms with Gasteiger partial charge in [-0.1, -0.05) is 25.1 Å². The number of para-hydroxylation sites is 1. The highest BCUT2D eigenvalue weighted by Crippen LogP contribution is 2.21. The number of amides is 2. The van der Waals surface area contributed by atoms with Crippen LogP contribution in [0.2, 0.25) is 0 Å². The predicted molar refractivity (Wildman–Crippen MR) is 79.8 cm³/mol. The zero-order chi connectivity index (χ0) is 14.8. The van der Waals surface area contributed by atoms with Crippen LogP contribution in [0, 0.1) is 6.92 Å². The quantitative estimate of drug-likeness (QED) is 0.905. The fourth-order valence-electron chi connectivity index (χ4n) is 2.30. The van der Waals surface area contributed by atoms with Crippen LogP contribution in [0.4, 0.5) is 10.5 Å². The van der Waals surface area contributed by atoms with Crippen molar-refractivity contribution in [2.75, 3.05) is 29.9 Å². The Morgan fingerprint density at radius 3 is 2.55 bits per heavy atom. The molecule has 0 saturated carbocycles. The van der Waals surface area contributed by atoms with E-state index >= 15 is 0 Å². The summed E-state index contributed by atoms with van der Waals surface area (Å²) in [5, 5.41) is 2.92. The Kier molecular flexibility index (Phi) is 4.32. The second-order valence-corrected chi connectivity index (χ2v) is 7.34. The molecule has 1 aromatic rings. The van der Waals surface area contributed by atoms with Gasteiger partial charge in [0.1, 0.15) is 0 Å². The molecule has 0 radical (unpaired) electrons. The molecular formula is C14H20N2O3S. The minimum atomic E-state index is -2.96. The van der Waals surface area contributed by atoms with Gasteiger partial charge in [-0.15, -0.1) is 0 Å². The van der Waals surface area contributed by atoms with Gasteiger partial charge in [0.05, 0.1) is 11.5 Å². The number of aryl methyl sites for hydroxylation is 2. The zero-order valence-corrected chi connectivity index (χ0v) is 12.7. The van der Waals surface area contributed by atoms with Gasteiger partial charge in [0.2, 0.25) is 0 Å². The van der Waals surface area contributed by atoms with Crippen LogP contribution in [0.15, 0.2) is 18.2 Å². The molecule has 110 valence electrons. The summed E-state index contributed by atoms with van der Waals surface area (Å²) in [6.07, 6.45) is 0.839. The topological polar surface area (TPSA) is 66.5 Å². The Bertz CT molecular complexity index is 597. The number of carbonyl (C=O) groups excluding carboxylic acids is 1. The van der Waals surface area contributed by atoms with Gasteiger partial charge in [-0.2, -0.15) is 0 Å².